The Morgan fingerprint density at radius 2 is 2.00 bits per heavy atom. The van der Waals surface area contributed by atoms with Gasteiger partial charge in [0.15, 0.2) is 10.9 Å². The summed E-state index contributed by atoms with van der Waals surface area (Å²) in [5.41, 5.74) is 3.06. The molecular formula is C24H22N4O2S. The Labute approximate surface area is 184 Å². The summed E-state index contributed by atoms with van der Waals surface area (Å²) in [5.74, 6) is 1.66. The molecule has 2 aromatic carbocycles. The molecule has 7 heteroatoms. The molecule has 0 aliphatic carbocycles. The minimum absolute atomic E-state index is 0.0793. The highest BCUT2D eigenvalue weighted by atomic mass is 32.2. The van der Waals surface area contributed by atoms with Crippen LogP contribution in [0.1, 0.15) is 12.0 Å². The lowest BCUT2D eigenvalue weighted by Crippen LogP contribution is -2.36. The summed E-state index contributed by atoms with van der Waals surface area (Å²) in [7, 11) is 0. The van der Waals surface area contributed by atoms with Gasteiger partial charge in [-0.1, -0.05) is 54.2 Å². The van der Waals surface area contributed by atoms with Gasteiger partial charge >= 0.3 is 0 Å². The van der Waals surface area contributed by atoms with E-state index in [1.165, 1.54) is 17.3 Å². The number of thioether (sulfide) groups is 1. The van der Waals surface area contributed by atoms with Crippen molar-refractivity contribution in [2.45, 2.75) is 24.5 Å². The number of anilines is 1. The monoisotopic (exact) mass is 430 g/mol. The van der Waals surface area contributed by atoms with E-state index in [-0.39, 0.29) is 5.91 Å². The zero-order valence-corrected chi connectivity index (χ0v) is 17.8. The van der Waals surface area contributed by atoms with E-state index in [4.69, 9.17) is 4.42 Å². The van der Waals surface area contributed by atoms with Gasteiger partial charge in [0.1, 0.15) is 5.58 Å². The van der Waals surface area contributed by atoms with Gasteiger partial charge in [0.2, 0.25) is 11.7 Å². The Hall–Kier alpha value is -3.32. The van der Waals surface area contributed by atoms with Crippen LogP contribution in [0.5, 0.6) is 0 Å². The molecule has 3 heterocycles. The lowest BCUT2D eigenvalue weighted by Gasteiger charge is -2.29. The van der Waals surface area contributed by atoms with Crippen LogP contribution in [-0.2, 0) is 17.8 Å². The van der Waals surface area contributed by atoms with Crippen molar-refractivity contribution in [2.75, 3.05) is 17.2 Å². The Balaban J connectivity index is 1.38. The van der Waals surface area contributed by atoms with E-state index < -0.39 is 0 Å². The molecule has 0 bridgehead atoms. The van der Waals surface area contributed by atoms with E-state index in [1.54, 1.807) is 6.08 Å². The molecule has 0 fully saturated rings. The maximum Gasteiger partial charge on any atom is 0.237 e. The van der Waals surface area contributed by atoms with Crippen molar-refractivity contribution in [3.63, 3.8) is 0 Å². The molecule has 1 aliphatic heterocycles. The summed E-state index contributed by atoms with van der Waals surface area (Å²) >= 11 is 1.39. The molecular weight excluding hydrogens is 408 g/mol. The van der Waals surface area contributed by atoms with Gasteiger partial charge in [0.25, 0.3) is 0 Å². The number of carbonyl (C=O) groups is 1. The number of aryl methyl sites for hydroxylation is 1. The second-order valence-electron chi connectivity index (χ2n) is 7.42. The molecule has 1 amide bonds. The lowest BCUT2D eigenvalue weighted by atomic mass is 10.0. The number of benzene rings is 2. The van der Waals surface area contributed by atoms with Crippen LogP contribution >= 0.6 is 11.8 Å². The Bertz CT molecular complexity index is 1230. The van der Waals surface area contributed by atoms with Crippen molar-refractivity contribution in [1.29, 1.82) is 0 Å². The molecule has 0 atom stereocenters. The number of hydrogen-bond acceptors (Lipinski definition) is 5. The van der Waals surface area contributed by atoms with E-state index in [2.05, 4.69) is 22.8 Å². The van der Waals surface area contributed by atoms with Gasteiger partial charge in [-0.3, -0.25) is 9.36 Å². The summed E-state index contributed by atoms with van der Waals surface area (Å²) < 4.78 is 7.91. The van der Waals surface area contributed by atoms with Gasteiger partial charge in [-0.15, -0.1) is 16.8 Å². The van der Waals surface area contributed by atoms with Crippen molar-refractivity contribution < 1.29 is 9.21 Å². The fourth-order valence-electron chi connectivity index (χ4n) is 3.96. The van der Waals surface area contributed by atoms with Gasteiger partial charge in [-0.05, 0) is 36.6 Å². The normalized spacial score (nSPS) is 13.4. The highest BCUT2D eigenvalue weighted by molar-refractivity contribution is 7.99. The van der Waals surface area contributed by atoms with Crippen LogP contribution in [0.4, 0.5) is 5.69 Å². The van der Waals surface area contributed by atoms with E-state index in [9.17, 15) is 4.79 Å². The van der Waals surface area contributed by atoms with E-state index >= 15 is 0 Å². The first kappa shape index (κ1) is 19.6. The van der Waals surface area contributed by atoms with Crippen LogP contribution in [0.2, 0.25) is 0 Å². The van der Waals surface area contributed by atoms with Gasteiger partial charge in [0.05, 0.1) is 5.75 Å². The maximum absolute atomic E-state index is 13.0. The van der Waals surface area contributed by atoms with Gasteiger partial charge < -0.3 is 9.32 Å². The largest absolute Gasteiger partial charge is 0.453 e. The summed E-state index contributed by atoms with van der Waals surface area (Å²) in [6.07, 6.45) is 3.79. The first-order chi connectivity index (χ1) is 15.2. The predicted molar refractivity (Wildman–Crippen MR) is 123 cm³/mol. The highest BCUT2D eigenvalue weighted by Crippen LogP contribution is 2.31. The molecule has 6 nitrogen and oxygen atoms in total. The van der Waals surface area contributed by atoms with Gasteiger partial charge in [0, 0.05) is 24.2 Å². The van der Waals surface area contributed by atoms with Crippen molar-refractivity contribution in [3.8, 4) is 11.6 Å². The zero-order valence-electron chi connectivity index (χ0n) is 17.0. The standard InChI is InChI=1S/C24H22N4O2S/c1-2-13-28-23(21-15-18-9-4-6-12-20(18)30-21)25-26-24(28)31-16-22(29)27-14-7-10-17-8-3-5-11-19(17)27/h2-6,8-9,11-12,15H,1,7,10,13-14,16H2. The van der Waals surface area contributed by atoms with Crippen molar-refractivity contribution in [2.24, 2.45) is 0 Å². The number of furan rings is 1. The maximum atomic E-state index is 13.0. The number of rotatable bonds is 6. The number of nitrogens with zero attached hydrogens (tertiary/aromatic N) is 4. The van der Waals surface area contributed by atoms with Crippen LogP contribution in [0.3, 0.4) is 0 Å². The van der Waals surface area contributed by atoms with Gasteiger partial charge in [-0.2, -0.15) is 0 Å². The predicted octanol–water partition coefficient (Wildman–Crippen LogP) is 4.95. The molecule has 0 radical (unpaired) electrons. The third-order valence-electron chi connectivity index (χ3n) is 5.41. The minimum Gasteiger partial charge on any atom is -0.453 e. The molecule has 0 unspecified atom stereocenters. The number of para-hydroxylation sites is 2. The summed E-state index contributed by atoms with van der Waals surface area (Å²) in [6, 6.07) is 17.9. The summed E-state index contributed by atoms with van der Waals surface area (Å²) in [4.78, 5) is 14.9. The second-order valence-corrected chi connectivity index (χ2v) is 8.36. The average molecular weight is 431 g/mol. The molecule has 0 spiro atoms. The van der Waals surface area contributed by atoms with E-state index in [1.807, 2.05) is 58.0 Å². The summed E-state index contributed by atoms with van der Waals surface area (Å²) in [5, 5.41) is 10.4. The zero-order chi connectivity index (χ0) is 21.2. The molecule has 4 aromatic rings. The number of allylic oxidation sites excluding steroid dienone is 1. The number of carbonyl (C=O) groups excluding carboxylic acids is 1. The average Bonchev–Trinajstić information content (AvgIpc) is 3.41. The first-order valence-electron chi connectivity index (χ1n) is 10.3. The van der Waals surface area contributed by atoms with Crippen LogP contribution in [-0.4, -0.2) is 33.0 Å². The molecule has 1 aliphatic rings. The third kappa shape index (κ3) is 3.77. The molecule has 156 valence electrons. The van der Waals surface area contributed by atoms with Crippen LogP contribution in [0, 0.1) is 0 Å². The molecule has 0 saturated heterocycles. The lowest BCUT2D eigenvalue weighted by molar-refractivity contribution is -0.116. The van der Waals surface area contributed by atoms with Crippen LogP contribution in [0.25, 0.3) is 22.6 Å². The molecule has 31 heavy (non-hydrogen) atoms. The fraction of sp³-hybridized carbons (Fsp3) is 0.208. The Kier molecular flexibility index (Phi) is 5.34. The van der Waals surface area contributed by atoms with E-state index in [0.29, 0.717) is 29.0 Å². The van der Waals surface area contributed by atoms with Crippen molar-refractivity contribution in [3.05, 3.63) is 72.8 Å². The number of hydrogen-bond donors (Lipinski definition) is 0. The quantitative estimate of drug-likeness (QED) is 0.320. The second kappa shape index (κ2) is 8.43. The van der Waals surface area contributed by atoms with Gasteiger partial charge in [-0.25, -0.2) is 0 Å². The number of fused-ring (bicyclic) bond motifs is 2. The third-order valence-corrected chi connectivity index (χ3v) is 6.36. The van der Waals surface area contributed by atoms with E-state index in [0.717, 1.165) is 36.0 Å². The van der Waals surface area contributed by atoms with Crippen LogP contribution < -0.4 is 4.90 Å². The fourth-order valence-corrected chi connectivity index (χ4v) is 4.78. The molecule has 2 aromatic heterocycles. The Morgan fingerprint density at radius 1 is 1.16 bits per heavy atom. The number of amides is 1. The van der Waals surface area contributed by atoms with Crippen molar-refractivity contribution in [1.82, 2.24) is 14.8 Å². The van der Waals surface area contributed by atoms with Crippen molar-refractivity contribution >= 4 is 34.3 Å². The summed E-state index contributed by atoms with van der Waals surface area (Å²) in [6.45, 7) is 5.14. The minimum atomic E-state index is 0.0793. The smallest absolute Gasteiger partial charge is 0.237 e. The van der Waals surface area contributed by atoms with Crippen LogP contribution in [0.15, 0.2) is 76.8 Å². The first-order valence-corrected chi connectivity index (χ1v) is 11.3. The number of aromatic nitrogens is 3. The topological polar surface area (TPSA) is 64.2 Å². The molecule has 0 N–H and O–H groups in total. The molecule has 0 saturated carbocycles. The Morgan fingerprint density at radius 3 is 2.87 bits per heavy atom. The highest BCUT2D eigenvalue weighted by Gasteiger charge is 2.24. The SMILES string of the molecule is C=CCn1c(SCC(=O)N2CCCc3ccccc32)nnc1-c1cc2ccccc2o1. The molecule has 5 rings (SSSR count).